The molecule has 1 aliphatic rings. The summed E-state index contributed by atoms with van der Waals surface area (Å²) < 4.78 is 5.81. The largest absolute Gasteiger partial charge is 0.437 e. The van der Waals surface area contributed by atoms with Gasteiger partial charge in [-0.2, -0.15) is 0 Å². The first-order chi connectivity index (χ1) is 9.36. The van der Waals surface area contributed by atoms with E-state index in [-0.39, 0.29) is 0 Å². The van der Waals surface area contributed by atoms with Gasteiger partial charge in [0, 0.05) is 18.9 Å². The summed E-state index contributed by atoms with van der Waals surface area (Å²) >= 11 is 0. The summed E-state index contributed by atoms with van der Waals surface area (Å²) in [6, 6.07) is 6.27. The number of rotatable bonds is 3. The molecular weight excluding hydrogens is 238 g/mol. The van der Waals surface area contributed by atoms with E-state index in [0.29, 0.717) is 18.1 Å². The van der Waals surface area contributed by atoms with Crippen LogP contribution in [-0.2, 0) is 19.4 Å². The molecule has 19 heavy (non-hydrogen) atoms. The third-order valence-electron chi connectivity index (χ3n) is 3.46. The van der Waals surface area contributed by atoms with E-state index in [4.69, 9.17) is 10.5 Å². The molecule has 3 rings (SSSR count). The lowest BCUT2D eigenvalue weighted by molar-refractivity contribution is 0.450. The fourth-order valence-corrected chi connectivity index (χ4v) is 2.46. The van der Waals surface area contributed by atoms with Crippen molar-refractivity contribution in [2.24, 2.45) is 5.73 Å². The Hall–Kier alpha value is -1.94. The number of hydrogen-bond acceptors (Lipinski definition) is 4. The number of fused-ring (bicyclic) bond motifs is 1. The molecule has 0 fully saturated rings. The summed E-state index contributed by atoms with van der Waals surface area (Å²) in [5.41, 5.74) is 9.15. The average Bonchev–Trinajstić information content (AvgIpc) is 2.48. The molecule has 0 bridgehead atoms. The van der Waals surface area contributed by atoms with Crippen LogP contribution in [-0.4, -0.2) is 9.97 Å². The van der Waals surface area contributed by atoms with Gasteiger partial charge in [-0.25, -0.2) is 4.98 Å². The van der Waals surface area contributed by atoms with Crippen molar-refractivity contribution >= 4 is 0 Å². The molecule has 2 N–H and O–H groups in total. The van der Waals surface area contributed by atoms with Gasteiger partial charge in [-0.1, -0.05) is 6.07 Å². The van der Waals surface area contributed by atoms with Gasteiger partial charge in [-0.05, 0) is 48.9 Å². The molecule has 1 aromatic heterocycles. The molecular formula is C15H17N3O. The van der Waals surface area contributed by atoms with Crippen LogP contribution in [0.15, 0.2) is 30.6 Å². The predicted octanol–water partition coefficient (Wildman–Crippen LogP) is 2.61. The summed E-state index contributed by atoms with van der Waals surface area (Å²) in [5.74, 6) is 1.32. The van der Waals surface area contributed by atoms with Gasteiger partial charge >= 0.3 is 0 Å². The van der Waals surface area contributed by atoms with Gasteiger partial charge in [0.2, 0.25) is 5.88 Å². The number of hydrogen-bond donors (Lipinski definition) is 1. The molecule has 1 heterocycles. The molecule has 0 amide bonds. The van der Waals surface area contributed by atoms with E-state index in [1.165, 1.54) is 30.4 Å². The Morgan fingerprint density at radius 3 is 2.68 bits per heavy atom. The first-order valence-electron chi connectivity index (χ1n) is 6.66. The first kappa shape index (κ1) is 12.1. The molecule has 0 radical (unpaired) electrons. The van der Waals surface area contributed by atoms with Gasteiger partial charge in [-0.15, -0.1) is 0 Å². The highest BCUT2D eigenvalue weighted by molar-refractivity contribution is 5.39. The highest BCUT2D eigenvalue weighted by Gasteiger charge is 2.11. The molecule has 4 heteroatoms. The lowest BCUT2D eigenvalue weighted by Crippen LogP contribution is -2.05. The minimum Gasteiger partial charge on any atom is -0.437 e. The molecule has 1 aliphatic carbocycles. The predicted molar refractivity (Wildman–Crippen MR) is 73.1 cm³/mol. The van der Waals surface area contributed by atoms with Gasteiger partial charge in [0.15, 0.2) is 0 Å². The van der Waals surface area contributed by atoms with E-state index < -0.39 is 0 Å². The van der Waals surface area contributed by atoms with Crippen molar-refractivity contribution in [2.45, 2.75) is 32.2 Å². The molecule has 98 valence electrons. The van der Waals surface area contributed by atoms with Crippen LogP contribution < -0.4 is 10.5 Å². The van der Waals surface area contributed by atoms with Crippen LogP contribution in [0.4, 0.5) is 0 Å². The van der Waals surface area contributed by atoms with Crippen LogP contribution in [0.3, 0.4) is 0 Å². The zero-order valence-corrected chi connectivity index (χ0v) is 10.8. The van der Waals surface area contributed by atoms with Gasteiger partial charge < -0.3 is 10.5 Å². The van der Waals surface area contributed by atoms with Crippen LogP contribution >= 0.6 is 0 Å². The summed E-state index contributed by atoms with van der Waals surface area (Å²) in [6.45, 7) is 0.327. The molecule has 0 atom stereocenters. The SMILES string of the molecule is NCc1nccnc1Oc1ccc2c(c1)CCCC2. The maximum Gasteiger partial charge on any atom is 0.242 e. The number of nitrogens with two attached hydrogens (primary N) is 1. The first-order valence-corrected chi connectivity index (χ1v) is 6.66. The number of aryl methyl sites for hydroxylation is 2. The Labute approximate surface area is 112 Å². The second-order valence-corrected chi connectivity index (χ2v) is 4.75. The molecule has 0 saturated heterocycles. The van der Waals surface area contributed by atoms with E-state index in [2.05, 4.69) is 22.1 Å². The second kappa shape index (κ2) is 5.36. The van der Waals surface area contributed by atoms with Crippen LogP contribution in [0, 0.1) is 0 Å². The fraction of sp³-hybridized carbons (Fsp3) is 0.333. The van der Waals surface area contributed by atoms with E-state index in [0.717, 1.165) is 12.2 Å². The van der Waals surface area contributed by atoms with Crippen LogP contribution in [0.25, 0.3) is 0 Å². The summed E-state index contributed by atoms with van der Waals surface area (Å²) in [4.78, 5) is 8.36. The molecule has 0 spiro atoms. The van der Waals surface area contributed by atoms with Crippen molar-refractivity contribution in [3.63, 3.8) is 0 Å². The maximum atomic E-state index is 5.81. The Balaban J connectivity index is 1.87. The average molecular weight is 255 g/mol. The lowest BCUT2D eigenvalue weighted by Gasteiger charge is -2.16. The van der Waals surface area contributed by atoms with Crippen molar-refractivity contribution < 1.29 is 4.74 Å². The zero-order valence-electron chi connectivity index (χ0n) is 10.8. The van der Waals surface area contributed by atoms with E-state index >= 15 is 0 Å². The Kier molecular flexibility index (Phi) is 3.42. The number of benzene rings is 1. The highest BCUT2D eigenvalue weighted by Crippen LogP contribution is 2.28. The summed E-state index contributed by atoms with van der Waals surface area (Å²) in [6.07, 6.45) is 8.10. The fourth-order valence-electron chi connectivity index (χ4n) is 2.46. The van der Waals surface area contributed by atoms with Crippen molar-refractivity contribution in [3.8, 4) is 11.6 Å². The van der Waals surface area contributed by atoms with Crippen LogP contribution in [0.1, 0.15) is 29.7 Å². The quantitative estimate of drug-likeness (QED) is 0.915. The third kappa shape index (κ3) is 2.58. The maximum absolute atomic E-state index is 5.81. The van der Waals surface area contributed by atoms with Gasteiger partial charge in [0.25, 0.3) is 0 Å². The minimum absolute atomic E-state index is 0.327. The van der Waals surface area contributed by atoms with Crippen molar-refractivity contribution in [1.82, 2.24) is 9.97 Å². The minimum atomic E-state index is 0.327. The van der Waals surface area contributed by atoms with E-state index in [9.17, 15) is 0 Å². The van der Waals surface area contributed by atoms with Gasteiger partial charge in [-0.3, -0.25) is 4.98 Å². The van der Waals surface area contributed by atoms with Gasteiger partial charge in [0.05, 0.1) is 0 Å². The summed E-state index contributed by atoms with van der Waals surface area (Å²) in [7, 11) is 0. The van der Waals surface area contributed by atoms with Crippen molar-refractivity contribution in [3.05, 3.63) is 47.4 Å². The highest BCUT2D eigenvalue weighted by atomic mass is 16.5. The van der Waals surface area contributed by atoms with Crippen LogP contribution in [0.2, 0.25) is 0 Å². The topological polar surface area (TPSA) is 61.0 Å². The normalized spacial score (nSPS) is 13.9. The molecule has 0 saturated carbocycles. The summed E-state index contributed by atoms with van der Waals surface area (Å²) in [5, 5.41) is 0. The third-order valence-corrected chi connectivity index (χ3v) is 3.46. The van der Waals surface area contributed by atoms with Crippen LogP contribution in [0.5, 0.6) is 11.6 Å². The Morgan fingerprint density at radius 2 is 1.84 bits per heavy atom. The molecule has 0 unspecified atom stereocenters. The van der Waals surface area contributed by atoms with E-state index in [1.807, 2.05) is 6.07 Å². The van der Waals surface area contributed by atoms with E-state index in [1.54, 1.807) is 12.4 Å². The van der Waals surface area contributed by atoms with Crippen molar-refractivity contribution in [2.75, 3.05) is 0 Å². The number of ether oxygens (including phenoxy) is 1. The molecule has 2 aromatic rings. The second-order valence-electron chi connectivity index (χ2n) is 4.75. The zero-order chi connectivity index (χ0) is 13.1. The van der Waals surface area contributed by atoms with Crippen molar-refractivity contribution in [1.29, 1.82) is 0 Å². The monoisotopic (exact) mass is 255 g/mol. The standard InChI is InChI=1S/C15H17N3O/c16-10-14-15(18-8-7-17-14)19-13-6-5-11-3-1-2-4-12(11)9-13/h5-9H,1-4,10,16H2. The molecule has 1 aromatic carbocycles. The molecule has 4 nitrogen and oxygen atoms in total. The smallest absolute Gasteiger partial charge is 0.242 e. The van der Waals surface area contributed by atoms with Gasteiger partial charge in [0.1, 0.15) is 11.4 Å². The lowest BCUT2D eigenvalue weighted by atomic mass is 9.92. The Bertz CT molecular complexity index is 583. The Morgan fingerprint density at radius 1 is 1.05 bits per heavy atom. The molecule has 0 aliphatic heterocycles. The number of aromatic nitrogens is 2. The number of nitrogens with zero attached hydrogens (tertiary/aromatic N) is 2.